The lowest BCUT2D eigenvalue weighted by molar-refractivity contribution is -0.150. The van der Waals surface area contributed by atoms with Crippen molar-refractivity contribution in [1.82, 2.24) is 29.9 Å². The van der Waals surface area contributed by atoms with Gasteiger partial charge in [0.2, 0.25) is 11.8 Å². The first-order valence-electron chi connectivity index (χ1n) is 14.4. The fraction of sp³-hybridized carbons (Fsp3) is 0.692. The lowest BCUT2D eigenvalue weighted by atomic mass is 9.96. The molecule has 2 aromatic heterocycles. The standard InChI is InChI=1S/C26H42N7O12PS/c1-12(2)43-21(35)14(5)32-46(39,47-10-15(29-25(37)41-8)22(36)44-13(3)4)42-9-16-18(34)26(6,38)23(45-16)33-11-28-17-19(33)30-24(27)31-20(17)40-7/h11-16,18,23,34,38H,9-10H2,1-8H3,(H,29,37)(H,32,39)(H2,27,30,31)/t14-,15-,16-,18-,23-,26-,46+/m1/s1. The predicted octanol–water partition coefficient (Wildman–Crippen LogP) is 0.890. The average molecular weight is 708 g/mol. The van der Waals surface area contributed by atoms with Crippen molar-refractivity contribution in [3.05, 3.63) is 6.33 Å². The molecule has 0 radical (unpaired) electrons. The summed E-state index contributed by atoms with van der Waals surface area (Å²) in [5.74, 6) is -1.98. The summed E-state index contributed by atoms with van der Waals surface area (Å²) in [7, 11) is 2.47. The number of aliphatic hydroxyl groups excluding tert-OH is 1. The Bertz CT molecular complexity index is 1480. The van der Waals surface area contributed by atoms with Gasteiger partial charge in [-0.05, 0) is 41.5 Å². The normalized spacial score (nSPS) is 23.7. The number of hydrogen-bond donors (Lipinski definition) is 5. The molecule has 3 rings (SSSR count). The summed E-state index contributed by atoms with van der Waals surface area (Å²) < 4.78 is 47.5. The van der Waals surface area contributed by atoms with E-state index >= 15 is 0 Å². The molecule has 0 saturated carbocycles. The number of aromatic nitrogens is 4. The number of aliphatic hydroxyl groups is 2. The van der Waals surface area contributed by atoms with Crippen LogP contribution in [0.4, 0.5) is 10.7 Å². The van der Waals surface area contributed by atoms with Gasteiger partial charge >= 0.3 is 24.8 Å². The third-order valence-electron chi connectivity index (χ3n) is 6.60. The van der Waals surface area contributed by atoms with Crippen LogP contribution in [0, 0.1) is 0 Å². The van der Waals surface area contributed by atoms with Crippen molar-refractivity contribution in [2.24, 2.45) is 0 Å². The number of amides is 1. The minimum atomic E-state index is -4.19. The number of nitrogens with two attached hydrogens (primary N) is 1. The molecule has 0 aromatic carbocycles. The Morgan fingerprint density at radius 3 is 2.38 bits per heavy atom. The van der Waals surface area contributed by atoms with Crippen LogP contribution in [0.3, 0.4) is 0 Å². The number of hydrogen-bond acceptors (Lipinski definition) is 17. The molecule has 1 aliphatic rings. The van der Waals surface area contributed by atoms with Crippen LogP contribution in [0.25, 0.3) is 11.2 Å². The molecule has 1 amide bonds. The minimum absolute atomic E-state index is 0.0794. The Balaban J connectivity index is 1.86. The zero-order valence-electron chi connectivity index (χ0n) is 27.2. The molecule has 1 fully saturated rings. The van der Waals surface area contributed by atoms with Crippen molar-refractivity contribution >= 4 is 53.2 Å². The highest BCUT2D eigenvalue weighted by Crippen LogP contribution is 2.57. The van der Waals surface area contributed by atoms with Crippen molar-refractivity contribution in [1.29, 1.82) is 0 Å². The van der Waals surface area contributed by atoms with Gasteiger partial charge in [0.25, 0.3) is 0 Å². The van der Waals surface area contributed by atoms with Gasteiger partial charge in [-0.25, -0.2) is 19.7 Å². The molecule has 7 atom stereocenters. The number of carbonyl (C=O) groups is 3. The van der Waals surface area contributed by atoms with E-state index in [0.29, 0.717) is 11.4 Å². The first-order valence-corrected chi connectivity index (χ1v) is 17.7. The molecule has 264 valence electrons. The maximum absolute atomic E-state index is 14.2. The van der Waals surface area contributed by atoms with Gasteiger partial charge in [-0.2, -0.15) is 9.97 Å². The Labute approximate surface area is 274 Å². The van der Waals surface area contributed by atoms with E-state index in [1.54, 1.807) is 27.7 Å². The Hall–Kier alpha value is -3.26. The Kier molecular flexibility index (Phi) is 12.8. The second-order valence-corrected chi connectivity index (χ2v) is 15.5. The van der Waals surface area contributed by atoms with E-state index in [1.807, 2.05) is 0 Å². The topological polar surface area (TPSA) is 258 Å². The number of rotatable bonds is 15. The van der Waals surface area contributed by atoms with Gasteiger partial charge in [0.05, 0.1) is 39.4 Å². The highest BCUT2D eigenvalue weighted by atomic mass is 32.7. The van der Waals surface area contributed by atoms with Gasteiger partial charge in [-0.1, -0.05) is 11.4 Å². The first kappa shape index (κ1) is 38.2. The number of imidazole rings is 1. The van der Waals surface area contributed by atoms with Crippen molar-refractivity contribution in [3.8, 4) is 5.88 Å². The molecule has 2 aromatic rings. The van der Waals surface area contributed by atoms with Crippen LogP contribution < -0.4 is 20.9 Å². The third-order valence-corrected chi connectivity index (χ3v) is 10.7. The van der Waals surface area contributed by atoms with E-state index in [4.69, 9.17) is 29.2 Å². The summed E-state index contributed by atoms with van der Waals surface area (Å²) in [6.07, 6.45) is -4.80. The van der Waals surface area contributed by atoms with Crippen LogP contribution in [0.1, 0.15) is 47.8 Å². The molecular formula is C26H42N7O12PS. The number of esters is 2. The highest BCUT2D eigenvalue weighted by Gasteiger charge is 2.54. The van der Waals surface area contributed by atoms with E-state index < -0.39 is 79.7 Å². The number of methoxy groups -OCH3 is 2. The molecule has 3 heterocycles. The quantitative estimate of drug-likeness (QED) is 0.0978. The molecule has 19 nitrogen and oxygen atoms in total. The number of nitrogens with zero attached hydrogens (tertiary/aromatic N) is 4. The van der Waals surface area contributed by atoms with Crippen LogP contribution in [0.2, 0.25) is 0 Å². The third kappa shape index (κ3) is 9.43. The Morgan fingerprint density at radius 2 is 1.79 bits per heavy atom. The molecule has 1 saturated heterocycles. The lowest BCUT2D eigenvalue weighted by Gasteiger charge is -2.27. The van der Waals surface area contributed by atoms with Gasteiger partial charge in [0.15, 0.2) is 17.4 Å². The molecule has 6 N–H and O–H groups in total. The monoisotopic (exact) mass is 707 g/mol. The van der Waals surface area contributed by atoms with E-state index in [0.717, 1.165) is 7.11 Å². The highest BCUT2D eigenvalue weighted by molar-refractivity contribution is 8.56. The molecule has 0 spiro atoms. The molecule has 0 unspecified atom stereocenters. The van der Waals surface area contributed by atoms with Crippen molar-refractivity contribution in [2.45, 2.75) is 89.9 Å². The molecule has 1 aliphatic heterocycles. The number of ether oxygens (including phenoxy) is 5. The summed E-state index contributed by atoms with van der Waals surface area (Å²) >= 11 is 0.579. The molecule has 47 heavy (non-hydrogen) atoms. The van der Waals surface area contributed by atoms with Crippen LogP contribution in [0.15, 0.2) is 6.33 Å². The first-order chi connectivity index (χ1) is 21.9. The zero-order chi connectivity index (χ0) is 35.3. The zero-order valence-corrected chi connectivity index (χ0v) is 28.9. The van der Waals surface area contributed by atoms with Crippen molar-refractivity contribution in [3.63, 3.8) is 0 Å². The van der Waals surface area contributed by atoms with Crippen molar-refractivity contribution in [2.75, 3.05) is 32.3 Å². The van der Waals surface area contributed by atoms with Crippen LogP contribution in [-0.4, -0.2) is 116 Å². The number of fused-ring (bicyclic) bond motifs is 1. The Morgan fingerprint density at radius 1 is 1.15 bits per heavy atom. The average Bonchev–Trinajstić information content (AvgIpc) is 3.49. The summed E-state index contributed by atoms with van der Waals surface area (Å²) in [5, 5.41) is 27.4. The number of carbonyl (C=O) groups excluding carboxylic acids is 3. The SMILES string of the molecule is COC(=O)N[C@H](CS[P@](=O)(N[C@H](C)C(=O)OC(C)C)OC[C@H]1O[C@@H](n2cnc3c(OC)nc(N)nc32)[C@](C)(O)[C@@H]1O)C(=O)OC(C)C. The summed E-state index contributed by atoms with van der Waals surface area (Å²) in [6, 6.07) is -2.49. The lowest BCUT2D eigenvalue weighted by Crippen LogP contribution is -2.45. The second kappa shape index (κ2) is 15.8. The smallest absolute Gasteiger partial charge is 0.407 e. The van der Waals surface area contributed by atoms with Crippen LogP contribution in [0.5, 0.6) is 5.88 Å². The predicted molar refractivity (Wildman–Crippen MR) is 167 cm³/mol. The summed E-state index contributed by atoms with van der Waals surface area (Å²) in [5.41, 5.74) is 4.22. The largest absolute Gasteiger partial charge is 0.479 e. The molecule has 21 heteroatoms. The fourth-order valence-electron chi connectivity index (χ4n) is 4.36. The number of nitrogen functional groups attached to an aromatic ring is 1. The molecular weight excluding hydrogens is 665 g/mol. The fourth-order valence-corrected chi connectivity index (χ4v) is 8.21. The van der Waals surface area contributed by atoms with Gasteiger partial charge < -0.3 is 49.5 Å². The summed E-state index contributed by atoms with van der Waals surface area (Å²) in [4.78, 5) is 49.6. The van der Waals surface area contributed by atoms with E-state index in [1.165, 1.54) is 31.9 Å². The van der Waals surface area contributed by atoms with Gasteiger partial charge in [-0.3, -0.25) is 13.9 Å². The van der Waals surface area contributed by atoms with Gasteiger partial charge in [0, 0.05) is 5.75 Å². The number of nitrogens with one attached hydrogen (secondary N) is 2. The maximum atomic E-state index is 14.2. The molecule has 0 aliphatic carbocycles. The van der Waals surface area contributed by atoms with Crippen LogP contribution >= 0.6 is 18.1 Å². The van der Waals surface area contributed by atoms with Crippen molar-refractivity contribution < 1.29 is 57.4 Å². The number of alkyl carbamates (subject to hydrolysis) is 1. The second-order valence-electron chi connectivity index (χ2n) is 11.2. The van der Waals surface area contributed by atoms with E-state index in [9.17, 15) is 29.2 Å². The van der Waals surface area contributed by atoms with E-state index in [2.05, 4.69) is 30.1 Å². The van der Waals surface area contributed by atoms with Gasteiger partial charge in [0.1, 0.15) is 29.9 Å². The minimum Gasteiger partial charge on any atom is -0.479 e. The van der Waals surface area contributed by atoms with Crippen LogP contribution in [-0.2, 0) is 37.6 Å². The number of anilines is 1. The summed E-state index contributed by atoms with van der Waals surface area (Å²) in [6.45, 7) is 4.44. The van der Waals surface area contributed by atoms with E-state index in [-0.39, 0.29) is 28.7 Å². The van der Waals surface area contributed by atoms with Gasteiger partial charge in [-0.15, -0.1) is 0 Å². The molecule has 0 bridgehead atoms. The maximum Gasteiger partial charge on any atom is 0.407 e.